The van der Waals surface area contributed by atoms with Gasteiger partial charge in [0, 0.05) is 36.5 Å². The van der Waals surface area contributed by atoms with E-state index in [0.717, 1.165) is 6.07 Å². The molecule has 0 aliphatic heterocycles. The number of aromatic nitrogens is 5. The third-order valence-electron chi connectivity index (χ3n) is 4.56. The van der Waals surface area contributed by atoms with E-state index in [1.165, 1.54) is 34.3 Å². The van der Waals surface area contributed by atoms with E-state index >= 15 is 0 Å². The van der Waals surface area contributed by atoms with Crippen molar-refractivity contribution in [1.82, 2.24) is 24.4 Å². The van der Waals surface area contributed by atoms with Gasteiger partial charge in [0.2, 0.25) is 0 Å². The fourth-order valence-corrected chi connectivity index (χ4v) is 3.09. The third kappa shape index (κ3) is 3.65. The molecule has 3 heterocycles. The molecule has 0 spiro atoms. The molecule has 1 aromatic carbocycles. The van der Waals surface area contributed by atoms with Gasteiger partial charge in [0.25, 0.3) is 5.56 Å². The first-order chi connectivity index (χ1) is 13.7. The van der Waals surface area contributed by atoms with Gasteiger partial charge in [-0.05, 0) is 30.7 Å². The Morgan fingerprint density at radius 1 is 1.14 bits per heavy atom. The second-order valence-corrected chi connectivity index (χ2v) is 6.58. The topological polar surface area (TPSA) is 68.0 Å². The van der Waals surface area contributed by atoms with Gasteiger partial charge in [-0.3, -0.25) is 14.6 Å². The molecule has 1 N–H and O–H groups in total. The van der Waals surface area contributed by atoms with Crippen LogP contribution in [0.15, 0.2) is 47.4 Å². The maximum Gasteiger partial charge on any atom is 0.435 e. The minimum Gasteiger partial charge on any atom is -0.296 e. The highest BCUT2D eigenvalue weighted by Gasteiger charge is 2.34. The predicted octanol–water partition coefficient (Wildman–Crippen LogP) is 3.60. The minimum atomic E-state index is -4.51. The summed E-state index contributed by atoms with van der Waals surface area (Å²) in [4.78, 5) is 16.8. The number of rotatable bonds is 4. The van der Waals surface area contributed by atoms with E-state index in [0.29, 0.717) is 28.2 Å². The number of aryl methyl sites for hydroxylation is 3. The maximum atomic E-state index is 13.2. The van der Waals surface area contributed by atoms with Crippen molar-refractivity contribution in [3.05, 3.63) is 75.8 Å². The van der Waals surface area contributed by atoms with E-state index in [9.17, 15) is 22.4 Å². The first-order valence-corrected chi connectivity index (χ1v) is 8.70. The molecule has 0 fully saturated rings. The number of nitrogens with zero attached hydrogens (tertiary/aromatic N) is 4. The molecule has 0 unspecified atom stereocenters. The van der Waals surface area contributed by atoms with Crippen molar-refractivity contribution in [2.24, 2.45) is 0 Å². The van der Waals surface area contributed by atoms with Crippen molar-refractivity contribution in [3.8, 4) is 11.1 Å². The van der Waals surface area contributed by atoms with E-state index in [2.05, 4.69) is 15.2 Å². The molecule has 0 atom stereocenters. The number of nitrogens with one attached hydrogen (secondary N) is 1. The number of fused-ring (bicyclic) bond motifs is 1. The SMILES string of the molecule is Cc1cc(C(F)(F)F)nn1CCc1cc(=O)n2[nH]cc(-c3ccc(F)cc3)c2n1. The van der Waals surface area contributed by atoms with Crippen LogP contribution < -0.4 is 5.56 Å². The molecule has 10 heteroatoms. The Bertz CT molecular complexity index is 1230. The molecular weight excluding hydrogens is 390 g/mol. The summed E-state index contributed by atoms with van der Waals surface area (Å²) in [5.74, 6) is -0.382. The Balaban J connectivity index is 1.65. The second-order valence-electron chi connectivity index (χ2n) is 6.58. The molecule has 0 amide bonds. The van der Waals surface area contributed by atoms with E-state index in [4.69, 9.17) is 0 Å². The average Bonchev–Trinajstić information content (AvgIpc) is 3.24. The van der Waals surface area contributed by atoms with Crippen LogP contribution in [0.3, 0.4) is 0 Å². The van der Waals surface area contributed by atoms with Gasteiger partial charge < -0.3 is 0 Å². The van der Waals surface area contributed by atoms with Crippen molar-refractivity contribution in [3.63, 3.8) is 0 Å². The first-order valence-electron chi connectivity index (χ1n) is 8.70. The van der Waals surface area contributed by atoms with Crippen LogP contribution in [0, 0.1) is 12.7 Å². The van der Waals surface area contributed by atoms with Crippen molar-refractivity contribution in [1.29, 1.82) is 0 Å². The van der Waals surface area contributed by atoms with Gasteiger partial charge in [-0.25, -0.2) is 13.9 Å². The van der Waals surface area contributed by atoms with Gasteiger partial charge >= 0.3 is 6.18 Å². The molecule has 150 valence electrons. The lowest BCUT2D eigenvalue weighted by atomic mass is 10.1. The standard InChI is InChI=1S/C19H15F4N5O/c1-11-8-16(19(21,22)23)26-27(11)7-6-14-9-17(29)28-18(25-14)15(10-24-28)12-2-4-13(20)5-3-12/h2-5,8-10,24H,6-7H2,1H3. The van der Waals surface area contributed by atoms with Crippen molar-refractivity contribution >= 4 is 5.65 Å². The molecule has 0 aliphatic carbocycles. The summed E-state index contributed by atoms with van der Waals surface area (Å²) in [5.41, 5.74) is 1.11. The highest BCUT2D eigenvalue weighted by atomic mass is 19.4. The Hall–Kier alpha value is -3.43. The lowest BCUT2D eigenvalue weighted by molar-refractivity contribution is -0.141. The van der Waals surface area contributed by atoms with Gasteiger partial charge in [0.1, 0.15) is 5.82 Å². The van der Waals surface area contributed by atoms with Crippen LogP contribution in [0.5, 0.6) is 0 Å². The number of alkyl halides is 3. The lowest BCUT2D eigenvalue weighted by Gasteiger charge is -2.06. The maximum absolute atomic E-state index is 13.2. The normalized spacial score (nSPS) is 12.0. The van der Waals surface area contributed by atoms with Gasteiger partial charge in [0.15, 0.2) is 11.3 Å². The lowest BCUT2D eigenvalue weighted by Crippen LogP contribution is -2.17. The number of hydrogen-bond acceptors (Lipinski definition) is 3. The zero-order chi connectivity index (χ0) is 20.8. The number of benzene rings is 1. The fourth-order valence-electron chi connectivity index (χ4n) is 3.09. The van der Waals surface area contributed by atoms with Crippen LogP contribution in [-0.2, 0) is 19.1 Å². The Morgan fingerprint density at radius 2 is 1.86 bits per heavy atom. The van der Waals surface area contributed by atoms with E-state index < -0.39 is 11.9 Å². The van der Waals surface area contributed by atoms with Crippen LogP contribution >= 0.6 is 0 Å². The molecule has 0 saturated heterocycles. The van der Waals surface area contributed by atoms with Crippen LogP contribution in [0.2, 0.25) is 0 Å². The Morgan fingerprint density at radius 3 is 2.52 bits per heavy atom. The first kappa shape index (κ1) is 18.9. The second kappa shape index (κ2) is 6.87. The van der Waals surface area contributed by atoms with E-state index in [1.54, 1.807) is 18.3 Å². The predicted molar refractivity (Wildman–Crippen MR) is 96.9 cm³/mol. The summed E-state index contributed by atoms with van der Waals surface area (Å²) in [5, 5.41) is 6.39. The summed E-state index contributed by atoms with van der Waals surface area (Å²) < 4.78 is 54.1. The van der Waals surface area contributed by atoms with E-state index in [-0.39, 0.29) is 24.3 Å². The van der Waals surface area contributed by atoms with Crippen LogP contribution in [0.25, 0.3) is 16.8 Å². The minimum absolute atomic E-state index is 0.140. The summed E-state index contributed by atoms with van der Waals surface area (Å²) in [6.45, 7) is 1.67. The smallest absolute Gasteiger partial charge is 0.296 e. The summed E-state index contributed by atoms with van der Waals surface area (Å²) in [6, 6.07) is 8.05. The molecule has 0 aliphatic rings. The Kier molecular flexibility index (Phi) is 4.48. The molecule has 4 aromatic rings. The van der Waals surface area contributed by atoms with Crippen molar-refractivity contribution in [2.45, 2.75) is 26.1 Å². The van der Waals surface area contributed by atoms with Crippen LogP contribution in [-0.4, -0.2) is 24.4 Å². The van der Waals surface area contributed by atoms with E-state index in [1.807, 2.05) is 0 Å². The number of H-pyrrole nitrogens is 1. The van der Waals surface area contributed by atoms with Crippen LogP contribution in [0.4, 0.5) is 17.6 Å². The third-order valence-corrected chi connectivity index (χ3v) is 4.56. The largest absolute Gasteiger partial charge is 0.435 e. The van der Waals surface area contributed by atoms with Gasteiger partial charge in [-0.1, -0.05) is 12.1 Å². The molecule has 0 saturated carbocycles. The molecule has 0 bridgehead atoms. The molecule has 3 aromatic heterocycles. The zero-order valence-electron chi connectivity index (χ0n) is 15.2. The highest BCUT2D eigenvalue weighted by molar-refractivity contribution is 5.76. The van der Waals surface area contributed by atoms with Crippen molar-refractivity contribution < 1.29 is 17.6 Å². The molecular formula is C19H15F4N5O. The molecule has 29 heavy (non-hydrogen) atoms. The van der Waals surface area contributed by atoms with Gasteiger partial charge in [-0.15, -0.1) is 0 Å². The monoisotopic (exact) mass is 405 g/mol. The summed E-state index contributed by atoms with van der Waals surface area (Å²) >= 11 is 0. The molecule has 6 nitrogen and oxygen atoms in total. The zero-order valence-corrected chi connectivity index (χ0v) is 15.2. The number of halogens is 4. The van der Waals surface area contributed by atoms with Crippen molar-refractivity contribution in [2.75, 3.05) is 0 Å². The highest BCUT2D eigenvalue weighted by Crippen LogP contribution is 2.28. The fraction of sp³-hybridized carbons (Fsp3) is 0.211. The number of hydrogen-bond donors (Lipinski definition) is 1. The number of aromatic amines is 1. The molecule has 0 radical (unpaired) electrons. The van der Waals surface area contributed by atoms with Crippen LogP contribution in [0.1, 0.15) is 17.1 Å². The molecule has 4 rings (SSSR count). The van der Waals surface area contributed by atoms with Gasteiger partial charge in [-0.2, -0.15) is 18.3 Å². The average molecular weight is 405 g/mol. The summed E-state index contributed by atoms with van der Waals surface area (Å²) in [7, 11) is 0. The quantitative estimate of drug-likeness (QED) is 0.528. The van der Waals surface area contributed by atoms with Gasteiger partial charge in [0.05, 0.1) is 5.69 Å². The Labute approximate surface area is 161 Å². The summed E-state index contributed by atoms with van der Waals surface area (Å²) in [6.07, 6.45) is -2.70.